The first-order valence-electron chi connectivity index (χ1n) is 7.77. The monoisotopic (exact) mass is 292 g/mol. The van der Waals surface area contributed by atoms with Crippen molar-refractivity contribution in [1.29, 1.82) is 0 Å². The Bertz CT molecular complexity index is 402. The lowest BCUT2D eigenvalue weighted by Crippen LogP contribution is -2.39. The summed E-state index contributed by atoms with van der Waals surface area (Å²) in [5.41, 5.74) is 7.53. The highest BCUT2D eigenvalue weighted by molar-refractivity contribution is 7.98. The van der Waals surface area contributed by atoms with Crippen LogP contribution in [0.5, 0.6) is 0 Å². The first-order valence-corrected chi connectivity index (χ1v) is 8.99. The summed E-state index contributed by atoms with van der Waals surface area (Å²) in [6, 6.07) is 10.2. The molecule has 1 aliphatic heterocycles. The van der Waals surface area contributed by atoms with Crippen molar-refractivity contribution in [3.05, 3.63) is 29.8 Å². The van der Waals surface area contributed by atoms with Crippen LogP contribution in [0.15, 0.2) is 29.2 Å². The highest BCUT2D eigenvalue weighted by atomic mass is 32.2. The molecule has 3 heteroatoms. The molecule has 1 heterocycles. The fraction of sp³-hybridized carbons (Fsp3) is 0.647. The van der Waals surface area contributed by atoms with Crippen molar-refractivity contribution in [3.63, 3.8) is 0 Å². The quantitative estimate of drug-likeness (QED) is 0.853. The lowest BCUT2D eigenvalue weighted by atomic mass is 9.88. The van der Waals surface area contributed by atoms with Gasteiger partial charge in [0, 0.05) is 17.0 Å². The molecule has 2 nitrogen and oxygen atoms in total. The molecule has 1 aromatic carbocycles. The Morgan fingerprint density at radius 1 is 1.25 bits per heavy atom. The van der Waals surface area contributed by atoms with Crippen LogP contribution in [0.2, 0.25) is 0 Å². The minimum Gasteiger partial charge on any atom is -0.330 e. The number of rotatable bonds is 4. The van der Waals surface area contributed by atoms with Gasteiger partial charge in [0.1, 0.15) is 0 Å². The number of hydrogen-bond acceptors (Lipinski definition) is 3. The van der Waals surface area contributed by atoms with Crippen LogP contribution >= 0.6 is 11.8 Å². The van der Waals surface area contributed by atoms with Crippen molar-refractivity contribution < 1.29 is 0 Å². The van der Waals surface area contributed by atoms with Crippen LogP contribution in [0.4, 0.5) is 0 Å². The average molecular weight is 292 g/mol. The molecule has 0 aromatic heterocycles. The molecule has 1 aromatic rings. The molecule has 2 unspecified atom stereocenters. The van der Waals surface area contributed by atoms with E-state index in [1.807, 2.05) is 0 Å². The zero-order valence-corrected chi connectivity index (χ0v) is 13.8. The summed E-state index contributed by atoms with van der Waals surface area (Å²) in [6.07, 6.45) is 6.00. The first kappa shape index (κ1) is 15.9. The third-order valence-electron chi connectivity index (χ3n) is 4.47. The first-order chi connectivity index (χ1) is 9.67. The summed E-state index contributed by atoms with van der Waals surface area (Å²) in [4.78, 5) is 3.99. The van der Waals surface area contributed by atoms with E-state index in [4.69, 9.17) is 5.73 Å². The molecule has 1 aliphatic rings. The van der Waals surface area contributed by atoms with Crippen molar-refractivity contribution in [1.82, 2.24) is 4.90 Å². The van der Waals surface area contributed by atoms with E-state index in [-0.39, 0.29) is 0 Å². The van der Waals surface area contributed by atoms with Gasteiger partial charge < -0.3 is 5.73 Å². The van der Waals surface area contributed by atoms with Gasteiger partial charge in [-0.25, -0.2) is 0 Å². The lowest BCUT2D eigenvalue weighted by Gasteiger charge is -2.38. The molecule has 112 valence electrons. The number of hydrogen-bond donors (Lipinski definition) is 1. The van der Waals surface area contributed by atoms with Gasteiger partial charge in [0.15, 0.2) is 0 Å². The summed E-state index contributed by atoms with van der Waals surface area (Å²) in [7, 11) is 0. The third kappa shape index (κ3) is 3.57. The molecule has 2 N–H and O–H groups in total. The Labute approximate surface area is 128 Å². The standard InChI is InChI=1S/C17H28N2S/c1-13(2)19-11-5-4-6-15(12-18)17(19)14-7-9-16(20-3)10-8-14/h7-10,13,15,17H,4-6,11-12,18H2,1-3H3. The Balaban J connectivity index is 2.32. The van der Waals surface area contributed by atoms with E-state index in [9.17, 15) is 0 Å². The molecular formula is C17H28N2S. The van der Waals surface area contributed by atoms with Crippen molar-refractivity contribution in [2.45, 2.75) is 50.1 Å². The largest absolute Gasteiger partial charge is 0.330 e. The number of thioether (sulfide) groups is 1. The summed E-state index contributed by atoms with van der Waals surface area (Å²) in [5, 5.41) is 0. The summed E-state index contributed by atoms with van der Waals surface area (Å²) >= 11 is 1.80. The summed E-state index contributed by atoms with van der Waals surface area (Å²) < 4.78 is 0. The van der Waals surface area contributed by atoms with Crippen LogP contribution in [-0.4, -0.2) is 30.3 Å². The highest BCUT2D eigenvalue weighted by Crippen LogP contribution is 2.36. The second-order valence-electron chi connectivity index (χ2n) is 6.04. The van der Waals surface area contributed by atoms with Crippen LogP contribution in [0.1, 0.15) is 44.7 Å². The van der Waals surface area contributed by atoms with E-state index in [1.165, 1.54) is 36.3 Å². The topological polar surface area (TPSA) is 29.3 Å². The molecule has 2 rings (SSSR count). The minimum absolute atomic E-state index is 0.485. The van der Waals surface area contributed by atoms with Gasteiger partial charge in [0.05, 0.1) is 0 Å². The van der Waals surface area contributed by atoms with Gasteiger partial charge in [0.2, 0.25) is 0 Å². The fourth-order valence-electron chi connectivity index (χ4n) is 3.36. The van der Waals surface area contributed by atoms with E-state index >= 15 is 0 Å². The molecule has 0 radical (unpaired) electrons. The van der Waals surface area contributed by atoms with Gasteiger partial charge >= 0.3 is 0 Å². The molecule has 1 saturated heterocycles. The van der Waals surface area contributed by atoms with E-state index in [0.29, 0.717) is 18.0 Å². The molecule has 0 amide bonds. The number of likely N-dealkylation sites (tertiary alicyclic amines) is 1. The lowest BCUT2D eigenvalue weighted by molar-refractivity contribution is 0.121. The van der Waals surface area contributed by atoms with Gasteiger partial charge in [-0.05, 0) is 69.6 Å². The maximum atomic E-state index is 6.09. The van der Waals surface area contributed by atoms with Crippen LogP contribution in [0.3, 0.4) is 0 Å². The molecular weight excluding hydrogens is 264 g/mol. The zero-order valence-electron chi connectivity index (χ0n) is 13.0. The summed E-state index contributed by atoms with van der Waals surface area (Å²) in [6.45, 7) is 6.60. The predicted octanol–water partition coefficient (Wildman–Crippen LogP) is 3.92. The van der Waals surface area contributed by atoms with E-state index in [0.717, 1.165) is 6.54 Å². The molecule has 0 aliphatic carbocycles. The molecule has 0 bridgehead atoms. The normalized spacial score (nSPS) is 24.9. The fourth-order valence-corrected chi connectivity index (χ4v) is 3.77. The second kappa shape index (κ2) is 7.48. The van der Waals surface area contributed by atoms with Gasteiger partial charge in [0.25, 0.3) is 0 Å². The Kier molecular flexibility index (Phi) is 5.94. The summed E-state index contributed by atoms with van der Waals surface area (Å²) in [5.74, 6) is 0.583. The Morgan fingerprint density at radius 3 is 2.50 bits per heavy atom. The Hall–Kier alpha value is -0.510. The van der Waals surface area contributed by atoms with Gasteiger partial charge in [-0.15, -0.1) is 11.8 Å². The third-order valence-corrected chi connectivity index (χ3v) is 5.21. The van der Waals surface area contributed by atoms with Crippen molar-refractivity contribution in [2.24, 2.45) is 11.7 Å². The van der Waals surface area contributed by atoms with Crippen molar-refractivity contribution >= 4 is 11.8 Å². The van der Waals surface area contributed by atoms with Crippen molar-refractivity contribution in [3.8, 4) is 0 Å². The number of nitrogens with zero attached hydrogens (tertiary/aromatic N) is 1. The van der Waals surface area contributed by atoms with Crippen LogP contribution in [-0.2, 0) is 0 Å². The molecule has 1 fully saturated rings. The van der Waals surface area contributed by atoms with E-state index in [1.54, 1.807) is 11.8 Å². The highest BCUT2D eigenvalue weighted by Gasteiger charge is 2.31. The smallest absolute Gasteiger partial charge is 0.0391 e. The van der Waals surface area contributed by atoms with Crippen LogP contribution in [0.25, 0.3) is 0 Å². The minimum atomic E-state index is 0.485. The van der Waals surface area contributed by atoms with Gasteiger partial charge in [-0.3, -0.25) is 4.90 Å². The van der Waals surface area contributed by atoms with Crippen LogP contribution in [0, 0.1) is 5.92 Å². The second-order valence-corrected chi connectivity index (χ2v) is 6.92. The van der Waals surface area contributed by atoms with Crippen LogP contribution < -0.4 is 5.73 Å². The van der Waals surface area contributed by atoms with Gasteiger partial charge in [-0.2, -0.15) is 0 Å². The molecule has 20 heavy (non-hydrogen) atoms. The SMILES string of the molecule is CSc1ccc(C2C(CN)CCCCN2C(C)C)cc1. The van der Waals surface area contributed by atoms with E-state index in [2.05, 4.69) is 49.3 Å². The maximum absolute atomic E-state index is 6.09. The number of nitrogens with two attached hydrogens (primary N) is 1. The molecule has 2 atom stereocenters. The molecule has 0 saturated carbocycles. The van der Waals surface area contributed by atoms with Gasteiger partial charge in [-0.1, -0.05) is 18.6 Å². The maximum Gasteiger partial charge on any atom is 0.0391 e. The predicted molar refractivity (Wildman–Crippen MR) is 89.2 cm³/mol. The number of benzene rings is 1. The average Bonchev–Trinajstić information content (AvgIpc) is 2.69. The van der Waals surface area contributed by atoms with Crippen molar-refractivity contribution in [2.75, 3.05) is 19.3 Å². The zero-order chi connectivity index (χ0) is 14.5. The molecule has 0 spiro atoms. The van der Waals surface area contributed by atoms with E-state index < -0.39 is 0 Å². The Morgan fingerprint density at radius 2 is 1.95 bits per heavy atom.